The van der Waals surface area contributed by atoms with Crippen LogP contribution < -0.4 is 15.5 Å². The van der Waals surface area contributed by atoms with E-state index in [9.17, 15) is 0 Å². The van der Waals surface area contributed by atoms with Gasteiger partial charge in [0, 0.05) is 33.7 Å². The van der Waals surface area contributed by atoms with Gasteiger partial charge in [0.15, 0.2) is 6.21 Å². The molecule has 2 heterocycles. The Balaban J connectivity index is 2.26. The molecule has 0 saturated heterocycles. The first kappa shape index (κ1) is 13.4. The van der Waals surface area contributed by atoms with Crippen molar-refractivity contribution >= 4 is 33.5 Å². The SMILES string of the molecule is CCOc1ccc2c3c1cccc3c1n2C(C)(C)CC=1C=[NH2+]. The van der Waals surface area contributed by atoms with Crippen LogP contribution in [0.25, 0.3) is 27.2 Å². The van der Waals surface area contributed by atoms with Crippen LogP contribution in [0.2, 0.25) is 0 Å². The number of hydrogen-bond donors (Lipinski definition) is 1. The average Bonchev–Trinajstić information content (AvgIpc) is 2.98. The van der Waals surface area contributed by atoms with Crippen LogP contribution in [0.3, 0.4) is 0 Å². The maximum absolute atomic E-state index is 5.92. The van der Waals surface area contributed by atoms with Gasteiger partial charge in [-0.2, -0.15) is 0 Å². The predicted octanol–water partition coefficient (Wildman–Crippen LogP) is 2.03. The Morgan fingerprint density at radius 1 is 1.23 bits per heavy atom. The topological polar surface area (TPSA) is 39.8 Å². The number of benzene rings is 2. The van der Waals surface area contributed by atoms with E-state index in [0.717, 1.165) is 12.2 Å². The monoisotopic (exact) mass is 293 g/mol. The predicted molar refractivity (Wildman–Crippen MR) is 91.2 cm³/mol. The number of hydrogen-bond acceptors (Lipinski definition) is 1. The van der Waals surface area contributed by atoms with Gasteiger partial charge in [0.25, 0.3) is 0 Å². The van der Waals surface area contributed by atoms with Crippen LogP contribution in [0.1, 0.15) is 27.2 Å². The molecule has 22 heavy (non-hydrogen) atoms. The number of rotatable bonds is 3. The van der Waals surface area contributed by atoms with E-state index < -0.39 is 0 Å². The summed E-state index contributed by atoms with van der Waals surface area (Å²) in [5.41, 5.74) is 2.54. The third-order valence-corrected chi connectivity index (χ3v) is 4.73. The van der Waals surface area contributed by atoms with Crippen molar-refractivity contribution in [2.24, 2.45) is 0 Å². The summed E-state index contributed by atoms with van der Waals surface area (Å²) in [7, 11) is 0. The summed E-state index contributed by atoms with van der Waals surface area (Å²) in [6, 6.07) is 10.7. The molecule has 1 aliphatic rings. The number of ether oxygens (including phenoxy) is 1. The van der Waals surface area contributed by atoms with Gasteiger partial charge in [0.1, 0.15) is 5.75 Å². The molecule has 0 spiro atoms. The molecule has 3 heteroatoms. The van der Waals surface area contributed by atoms with Crippen molar-refractivity contribution in [3.05, 3.63) is 35.7 Å². The molecular formula is C19H21N2O+. The first-order chi connectivity index (χ1) is 10.6. The lowest BCUT2D eigenvalue weighted by molar-refractivity contribution is -0.103. The molecule has 2 N–H and O–H groups in total. The molecule has 0 atom stereocenters. The zero-order valence-corrected chi connectivity index (χ0v) is 13.3. The normalized spacial score (nSPS) is 16.4. The van der Waals surface area contributed by atoms with E-state index in [0.29, 0.717) is 6.61 Å². The fourth-order valence-corrected chi connectivity index (χ4v) is 3.98. The van der Waals surface area contributed by atoms with Gasteiger partial charge in [-0.25, -0.2) is 0 Å². The second kappa shape index (κ2) is 4.35. The summed E-state index contributed by atoms with van der Waals surface area (Å²) in [6.07, 6.45) is 2.74. The first-order valence-corrected chi connectivity index (χ1v) is 7.85. The lowest BCUT2D eigenvalue weighted by atomic mass is 9.97. The lowest BCUT2D eigenvalue weighted by Crippen LogP contribution is -2.31. The van der Waals surface area contributed by atoms with Crippen molar-refractivity contribution in [2.75, 3.05) is 6.61 Å². The molecule has 1 aliphatic heterocycles. The Morgan fingerprint density at radius 2 is 2.00 bits per heavy atom. The molecule has 3 aromatic rings. The van der Waals surface area contributed by atoms with Gasteiger partial charge in [-0.05, 0) is 32.9 Å². The summed E-state index contributed by atoms with van der Waals surface area (Å²) in [6.45, 7) is 7.25. The zero-order valence-electron chi connectivity index (χ0n) is 13.3. The number of aromatic nitrogens is 1. The summed E-state index contributed by atoms with van der Waals surface area (Å²) in [5.74, 6) is 0.959. The van der Waals surface area contributed by atoms with Gasteiger partial charge in [-0.1, -0.05) is 18.2 Å². The Hall–Kier alpha value is -2.29. The lowest BCUT2D eigenvalue weighted by Gasteiger charge is -2.23. The molecule has 0 aliphatic carbocycles. The Kier molecular flexibility index (Phi) is 2.65. The van der Waals surface area contributed by atoms with Gasteiger partial charge in [0.05, 0.1) is 17.5 Å². The number of fused-ring (bicyclic) bond motifs is 3. The fourth-order valence-electron chi connectivity index (χ4n) is 3.98. The largest absolute Gasteiger partial charge is 0.493 e. The third-order valence-electron chi connectivity index (χ3n) is 4.73. The Labute approximate surface area is 129 Å². The van der Waals surface area contributed by atoms with Crippen LogP contribution >= 0.6 is 0 Å². The maximum atomic E-state index is 5.92. The molecule has 0 fully saturated rings. The number of nitrogens with two attached hydrogens (primary N) is 1. The molecule has 4 rings (SSSR count). The van der Waals surface area contributed by atoms with E-state index >= 15 is 0 Å². The highest BCUT2D eigenvalue weighted by Crippen LogP contribution is 2.39. The number of nitrogens with zero attached hydrogens (tertiary/aromatic N) is 1. The molecule has 2 aromatic carbocycles. The summed E-state index contributed by atoms with van der Waals surface area (Å²) < 4.78 is 8.26. The molecule has 0 unspecified atom stereocenters. The van der Waals surface area contributed by atoms with Crippen molar-refractivity contribution < 1.29 is 10.1 Å². The minimum absolute atomic E-state index is 0.0413. The highest BCUT2D eigenvalue weighted by atomic mass is 16.5. The van der Waals surface area contributed by atoms with Crippen LogP contribution in [0, 0.1) is 0 Å². The van der Waals surface area contributed by atoms with Crippen molar-refractivity contribution in [1.82, 2.24) is 4.57 Å². The average molecular weight is 293 g/mol. The molecule has 0 radical (unpaired) electrons. The molecule has 1 aromatic heterocycles. The Morgan fingerprint density at radius 3 is 2.73 bits per heavy atom. The van der Waals surface area contributed by atoms with E-state index in [2.05, 4.69) is 48.7 Å². The molecule has 3 nitrogen and oxygen atoms in total. The Bertz CT molecular complexity index is 963. The minimum atomic E-state index is 0.0413. The van der Waals surface area contributed by atoms with Gasteiger partial charge in [0.2, 0.25) is 0 Å². The van der Waals surface area contributed by atoms with E-state index in [1.54, 1.807) is 6.21 Å². The standard InChI is InChI=1S/C19H20N2O/c1-4-22-16-9-8-15-17-13(16)6-5-7-14(17)18-12(11-20)10-19(2,3)21(15)18/h5-9,11,20H,4,10H2,1-3H3/p+1. The minimum Gasteiger partial charge on any atom is -0.493 e. The van der Waals surface area contributed by atoms with Crippen LogP contribution in [0.15, 0.2) is 30.3 Å². The second-order valence-corrected chi connectivity index (χ2v) is 6.61. The van der Waals surface area contributed by atoms with Crippen molar-refractivity contribution in [2.45, 2.75) is 32.7 Å². The quantitative estimate of drug-likeness (QED) is 0.738. The highest BCUT2D eigenvalue weighted by molar-refractivity contribution is 6.15. The van der Waals surface area contributed by atoms with Gasteiger partial charge in [-0.15, -0.1) is 0 Å². The maximum Gasteiger partial charge on any atom is 0.165 e. The van der Waals surface area contributed by atoms with E-state index in [4.69, 9.17) is 10.1 Å². The van der Waals surface area contributed by atoms with E-state index in [1.807, 2.05) is 6.92 Å². The molecule has 0 saturated carbocycles. The van der Waals surface area contributed by atoms with Gasteiger partial charge < -0.3 is 9.30 Å². The third kappa shape index (κ3) is 1.54. The summed E-state index contributed by atoms with van der Waals surface area (Å²) >= 11 is 0. The van der Waals surface area contributed by atoms with Crippen LogP contribution in [-0.4, -0.2) is 17.4 Å². The summed E-state index contributed by atoms with van der Waals surface area (Å²) in [5, 5.41) is 10.9. The van der Waals surface area contributed by atoms with Gasteiger partial charge in [-0.3, -0.25) is 5.41 Å². The fraction of sp³-hybridized carbons (Fsp3) is 0.316. The molecule has 0 bridgehead atoms. The molecule has 0 amide bonds. The van der Waals surface area contributed by atoms with Crippen molar-refractivity contribution in [3.63, 3.8) is 0 Å². The van der Waals surface area contributed by atoms with Crippen LogP contribution in [-0.2, 0) is 5.54 Å². The van der Waals surface area contributed by atoms with E-state index in [-0.39, 0.29) is 5.54 Å². The zero-order chi connectivity index (χ0) is 15.5. The van der Waals surface area contributed by atoms with Crippen LogP contribution in [0.4, 0.5) is 0 Å². The van der Waals surface area contributed by atoms with Gasteiger partial charge >= 0.3 is 0 Å². The summed E-state index contributed by atoms with van der Waals surface area (Å²) in [4.78, 5) is 0. The first-order valence-electron chi connectivity index (χ1n) is 7.85. The molecular weight excluding hydrogens is 272 g/mol. The highest BCUT2D eigenvalue weighted by Gasteiger charge is 2.33. The second-order valence-electron chi connectivity index (χ2n) is 6.61. The van der Waals surface area contributed by atoms with Crippen LogP contribution in [0.5, 0.6) is 5.75 Å². The van der Waals surface area contributed by atoms with E-state index in [1.165, 1.54) is 32.6 Å². The smallest absolute Gasteiger partial charge is 0.165 e. The molecule has 112 valence electrons. The van der Waals surface area contributed by atoms with Crippen molar-refractivity contribution in [1.29, 1.82) is 0 Å². The van der Waals surface area contributed by atoms with Crippen molar-refractivity contribution in [3.8, 4) is 5.75 Å².